The number of hydrogen-bond acceptors (Lipinski definition) is 6. The van der Waals surface area contributed by atoms with E-state index in [1.54, 1.807) is 11.8 Å². The van der Waals surface area contributed by atoms with E-state index in [4.69, 9.17) is 10.00 Å². The number of amidine groups is 1. The Kier molecular flexibility index (Phi) is 6.38. The predicted octanol–water partition coefficient (Wildman–Crippen LogP) is 4.67. The number of ether oxygens (including phenoxy) is 1. The Balaban J connectivity index is 1.65. The smallest absolute Gasteiger partial charge is 0.264 e. The number of amides is 1. The van der Waals surface area contributed by atoms with Crippen LogP contribution in [0.4, 0.5) is 5.69 Å². The molecule has 1 aromatic heterocycles. The average Bonchev–Trinajstić information content (AvgIpc) is 3.36. The molecule has 0 atom stereocenters. The maximum atomic E-state index is 12.6. The highest BCUT2D eigenvalue weighted by Gasteiger charge is 2.25. The van der Waals surface area contributed by atoms with E-state index in [1.165, 1.54) is 11.8 Å². The molecule has 7 nitrogen and oxygen atoms in total. The number of thioether (sulfide) groups is 1. The number of rotatable bonds is 6. The van der Waals surface area contributed by atoms with E-state index in [2.05, 4.69) is 21.5 Å². The first-order valence-electron chi connectivity index (χ1n) is 10.0. The summed E-state index contributed by atoms with van der Waals surface area (Å²) in [5, 5.41) is 16.9. The lowest BCUT2D eigenvalue weighted by atomic mass is 10.1. The third kappa shape index (κ3) is 4.90. The van der Waals surface area contributed by atoms with Crippen LogP contribution in [0.3, 0.4) is 0 Å². The second kappa shape index (κ2) is 9.54. The Bertz CT molecular complexity index is 1230. The van der Waals surface area contributed by atoms with Crippen molar-refractivity contribution >= 4 is 34.6 Å². The van der Waals surface area contributed by atoms with Gasteiger partial charge in [0.05, 0.1) is 42.4 Å². The van der Waals surface area contributed by atoms with Crippen molar-refractivity contribution < 1.29 is 9.53 Å². The normalized spacial score (nSPS) is 15.7. The standard InChI is InChI=1S/C24H21N5O2S/c1-16-4-8-19(9-5-16)26-24-27-23(30)21(32-24)14-18-15-29(13-3-12-25)28-22(18)17-6-10-20(31-2)11-7-17/h4-11,14-15H,3,13H2,1-2H3,(H,26,27,30). The molecule has 1 fully saturated rings. The van der Waals surface area contributed by atoms with E-state index >= 15 is 0 Å². The summed E-state index contributed by atoms with van der Waals surface area (Å²) in [6.45, 7) is 2.49. The van der Waals surface area contributed by atoms with Gasteiger partial charge in [-0.25, -0.2) is 4.99 Å². The molecule has 0 saturated carbocycles. The summed E-state index contributed by atoms with van der Waals surface area (Å²) in [6.07, 6.45) is 4.02. The zero-order chi connectivity index (χ0) is 22.5. The van der Waals surface area contributed by atoms with Gasteiger partial charge in [-0.3, -0.25) is 9.48 Å². The van der Waals surface area contributed by atoms with Crippen LogP contribution in [0.1, 0.15) is 17.5 Å². The minimum atomic E-state index is -0.202. The van der Waals surface area contributed by atoms with Gasteiger partial charge in [0.2, 0.25) is 0 Å². The van der Waals surface area contributed by atoms with Gasteiger partial charge in [-0.15, -0.1) is 0 Å². The van der Waals surface area contributed by atoms with Gasteiger partial charge in [-0.1, -0.05) is 17.7 Å². The van der Waals surface area contributed by atoms with Crippen molar-refractivity contribution in [2.24, 2.45) is 4.99 Å². The van der Waals surface area contributed by atoms with Crippen LogP contribution >= 0.6 is 11.8 Å². The van der Waals surface area contributed by atoms with Gasteiger partial charge in [0.25, 0.3) is 5.91 Å². The zero-order valence-corrected chi connectivity index (χ0v) is 18.5. The van der Waals surface area contributed by atoms with Gasteiger partial charge in [0.15, 0.2) is 5.17 Å². The Morgan fingerprint density at radius 1 is 1.22 bits per heavy atom. The Morgan fingerprint density at radius 2 is 1.97 bits per heavy atom. The van der Waals surface area contributed by atoms with Crippen molar-refractivity contribution in [3.8, 4) is 23.1 Å². The third-order valence-electron chi connectivity index (χ3n) is 4.81. The molecule has 2 aromatic carbocycles. The van der Waals surface area contributed by atoms with Crippen molar-refractivity contribution in [3.05, 3.63) is 70.8 Å². The number of carbonyl (C=O) groups excluding carboxylic acids is 1. The maximum absolute atomic E-state index is 12.6. The fourth-order valence-electron chi connectivity index (χ4n) is 3.15. The molecule has 0 bridgehead atoms. The monoisotopic (exact) mass is 443 g/mol. The first-order valence-corrected chi connectivity index (χ1v) is 10.8. The van der Waals surface area contributed by atoms with Gasteiger partial charge in [0, 0.05) is 17.3 Å². The fraction of sp³-hybridized carbons (Fsp3) is 0.167. The van der Waals surface area contributed by atoms with Crippen molar-refractivity contribution in [3.63, 3.8) is 0 Å². The number of aliphatic imine (C=N–C) groups is 1. The molecule has 0 aliphatic carbocycles. The first kappa shape index (κ1) is 21.4. The molecular weight excluding hydrogens is 422 g/mol. The molecule has 0 radical (unpaired) electrons. The number of hydrogen-bond donors (Lipinski definition) is 1. The van der Waals surface area contributed by atoms with E-state index in [0.29, 0.717) is 23.0 Å². The first-order chi connectivity index (χ1) is 15.6. The minimum Gasteiger partial charge on any atom is -0.497 e. The van der Waals surface area contributed by atoms with Crippen LogP contribution in [-0.4, -0.2) is 28.0 Å². The van der Waals surface area contributed by atoms with E-state index in [-0.39, 0.29) is 5.91 Å². The van der Waals surface area contributed by atoms with Gasteiger partial charge < -0.3 is 10.1 Å². The lowest BCUT2D eigenvalue weighted by Gasteiger charge is -2.02. The fourth-order valence-corrected chi connectivity index (χ4v) is 3.99. The highest BCUT2D eigenvalue weighted by molar-refractivity contribution is 8.18. The van der Waals surface area contributed by atoms with Crippen molar-refractivity contribution in [2.45, 2.75) is 19.9 Å². The topological polar surface area (TPSA) is 92.3 Å². The second-order valence-electron chi connectivity index (χ2n) is 7.15. The van der Waals surface area contributed by atoms with Crippen molar-refractivity contribution in [2.75, 3.05) is 7.11 Å². The molecule has 8 heteroatoms. The number of nitriles is 1. The van der Waals surface area contributed by atoms with Crippen molar-refractivity contribution in [1.29, 1.82) is 5.26 Å². The SMILES string of the molecule is COc1ccc(-c2nn(CCC#N)cc2C=C2SC(=Nc3ccc(C)cc3)NC2=O)cc1. The summed E-state index contributed by atoms with van der Waals surface area (Å²) < 4.78 is 6.97. The predicted molar refractivity (Wildman–Crippen MR) is 126 cm³/mol. The van der Waals surface area contributed by atoms with Gasteiger partial charge in [0.1, 0.15) is 5.75 Å². The molecule has 1 saturated heterocycles. The molecule has 2 heterocycles. The highest BCUT2D eigenvalue weighted by Crippen LogP contribution is 2.32. The lowest BCUT2D eigenvalue weighted by Crippen LogP contribution is -2.19. The summed E-state index contributed by atoms with van der Waals surface area (Å²) in [6, 6.07) is 17.5. The molecule has 1 amide bonds. The number of nitrogens with one attached hydrogen (secondary N) is 1. The molecule has 0 spiro atoms. The summed E-state index contributed by atoms with van der Waals surface area (Å²) in [7, 11) is 1.62. The number of nitrogens with zero attached hydrogens (tertiary/aromatic N) is 4. The number of benzene rings is 2. The minimum absolute atomic E-state index is 0.202. The van der Waals surface area contributed by atoms with Crippen LogP contribution in [0.5, 0.6) is 5.75 Å². The Morgan fingerprint density at radius 3 is 2.66 bits per heavy atom. The zero-order valence-electron chi connectivity index (χ0n) is 17.7. The molecule has 1 aliphatic rings. The van der Waals surface area contributed by atoms with Crippen LogP contribution in [-0.2, 0) is 11.3 Å². The van der Waals surface area contributed by atoms with Crippen LogP contribution in [0.25, 0.3) is 17.3 Å². The molecule has 4 rings (SSSR count). The Hall–Kier alpha value is -3.83. The van der Waals surface area contributed by atoms with Crippen LogP contribution in [0.15, 0.2) is 64.6 Å². The van der Waals surface area contributed by atoms with E-state index < -0.39 is 0 Å². The van der Waals surface area contributed by atoms with E-state index in [9.17, 15) is 4.79 Å². The van der Waals surface area contributed by atoms with Gasteiger partial charge in [-0.05, 0) is 61.2 Å². The van der Waals surface area contributed by atoms with Gasteiger partial charge >= 0.3 is 0 Å². The number of aryl methyl sites for hydroxylation is 2. The number of aromatic nitrogens is 2. The van der Waals surface area contributed by atoms with Crippen LogP contribution < -0.4 is 10.1 Å². The molecule has 160 valence electrons. The maximum Gasteiger partial charge on any atom is 0.264 e. The van der Waals surface area contributed by atoms with E-state index in [0.717, 1.165) is 33.8 Å². The number of methoxy groups -OCH3 is 1. The summed E-state index contributed by atoms with van der Waals surface area (Å²) >= 11 is 1.29. The summed E-state index contributed by atoms with van der Waals surface area (Å²) in [5.74, 6) is 0.548. The average molecular weight is 444 g/mol. The third-order valence-corrected chi connectivity index (χ3v) is 5.72. The second-order valence-corrected chi connectivity index (χ2v) is 8.18. The molecule has 1 aliphatic heterocycles. The lowest BCUT2D eigenvalue weighted by molar-refractivity contribution is -0.115. The molecule has 1 N–H and O–H groups in total. The Labute approximate surface area is 190 Å². The number of carbonyl (C=O) groups is 1. The largest absolute Gasteiger partial charge is 0.497 e. The molecule has 0 unspecified atom stereocenters. The van der Waals surface area contributed by atoms with E-state index in [1.807, 2.05) is 67.7 Å². The highest BCUT2D eigenvalue weighted by atomic mass is 32.2. The van der Waals surface area contributed by atoms with Crippen molar-refractivity contribution in [1.82, 2.24) is 15.1 Å². The molecule has 32 heavy (non-hydrogen) atoms. The summed E-state index contributed by atoms with van der Waals surface area (Å²) in [4.78, 5) is 17.6. The summed E-state index contributed by atoms with van der Waals surface area (Å²) in [5.41, 5.74) is 4.35. The van der Waals surface area contributed by atoms with Crippen LogP contribution in [0, 0.1) is 18.3 Å². The molecular formula is C24H21N5O2S. The van der Waals surface area contributed by atoms with Crippen LogP contribution in [0.2, 0.25) is 0 Å². The quantitative estimate of drug-likeness (QED) is 0.559. The molecule has 3 aromatic rings. The van der Waals surface area contributed by atoms with Gasteiger partial charge in [-0.2, -0.15) is 10.4 Å².